The molecule has 0 N–H and O–H groups in total. The summed E-state index contributed by atoms with van der Waals surface area (Å²) in [6.07, 6.45) is 0.328. The molecule has 164 valence electrons. The minimum Gasteiger partial charge on any atom is -0.495 e. The van der Waals surface area contributed by atoms with Crippen LogP contribution in [0.2, 0.25) is 0 Å². The summed E-state index contributed by atoms with van der Waals surface area (Å²) in [7, 11) is 3.26. The van der Waals surface area contributed by atoms with Gasteiger partial charge in [0.05, 0.1) is 33.9 Å². The number of anilines is 1. The first-order valence-electron chi connectivity index (χ1n) is 10.4. The van der Waals surface area contributed by atoms with Crippen molar-refractivity contribution in [2.24, 2.45) is 0 Å². The number of morpholine rings is 1. The molecule has 0 unspecified atom stereocenters. The highest BCUT2D eigenvalue weighted by Crippen LogP contribution is 2.40. The zero-order valence-electron chi connectivity index (χ0n) is 17.9. The summed E-state index contributed by atoms with van der Waals surface area (Å²) in [6.45, 7) is 4.55. The third-order valence-corrected chi connectivity index (χ3v) is 6.47. The second kappa shape index (κ2) is 10.1. The second-order valence-electron chi connectivity index (χ2n) is 7.31. The Balaban J connectivity index is 1.64. The lowest BCUT2D eigenvalue weighted by atomic mass is 10.1. The summed E-state index contributed by atoms with van der Waals surface area (Å²) >= 11 is 1.46. The van der Waals surface area contributed by atoms with Crippen LogP contribution in [0.15, 0.2) is 42.5 Å². The Morgan fingerprint density at radius 1 is 1.10 bits per heavy atom. The number of fused-ring (bicyclic) bond motifs is 1. The molecule has 4 rings (SSSR count). The van der Waals surface area contributed by atoms with Gasteiger partial charge in [0.2, 0.25) is 5.91 Å². The Bertz CT molecular complexity index is 977. The van der Waals surface area contributed by atoms with Crippen molar-refractivity contribution >= 4 is 32.6 Å². The lowest BCUT2D eigenvalue weighted by Gasteiger charge is -2.29. The average molecular weight is 442 g/mol. The van der Waals surface area contributed by atoms with Gasteiger partial charge in [0.25, 0.3) is 0 Å². The molecule has 2 aromatic carbocycles. The lowest BCUT2D eigenvalue weighted by molar-refractivity contribution is -0.118. The van der Waals surface area contributed by atoms with Gasteiger partial charge in [0, 0.05) is 26.2 Å². The minimum atomic E-state index is 0.0245. The van der Waals surface area contributed by atoms with Crippen LogP contribution in [-0.4, -0.2) is 69.4 Å². The van der Waals surface area contributed by atoms with Gasteiger partial charge in [0.15, 0.2) is 5.13 Å². The van der Waals surface area contributed by atoms with E-state index in [1.807, 2.05) is 42.5 Å². The average Bonchev–Trinajstić information content (AvgIpc) is 3.25. The molecule has 1 fully saturated rings. The van der Waals surface area contributed by atoms with Crippen LogP contribution in [0.5, 0.6) is 11.5 Å². The Morgan fingerprint density at radius 2 is 1.81 bits per heavy atom. The predicted octanol–water partition coefficient (Wildman–Crippen LogP) is 3.22. The van der Waals surface area contributed by atoms with Gasteiger partial charge in [-0.3, -0.25) is 14.6 Å². The SMILES string of the molecule is COc1ccc(OC)c2sc(N(CCN3CCOCC3)C(=O)Cc3ccccc3)nc12. The lowest BCUT2D eigenvalue weighted by Crippen LogP contribution is -2.43. The number of carbonyl (C=O) groups excluding carboxylic acids is 1. The van der Waals surface area contributed by atoms with Crippen molar-refractivity contribution in [3.8, 4) is 11.5 Å². The van der Waals surface area contributed by atoms with E-state index in [9.17, 15) is 4.79 Å². The topological polar surface area (TPSA) is 64.1 Å². The Kier molecular flexibility index (Phi) is 7.01. The Hall–Kier alpha value is -2.68. The van der Waals surface area contributed by atoms with E-state index in [0.717, 1.165) is 48.9 Å². The van der Waals surface area contributed by atoms with E-state index in [4.69, 9.17) is 19.2 Å². The number of aromatic nitrogens is 1. The zero-order valence-corrected chi connectivity index (χ0v) is 18.7. The standard InChI is InChI=1S/C23H27N3O4S/c1-28-18-8-9-19(29-2)22-21(18)24-23(31-22)26(11-10-25-12-14-30-15-13-25)20(27)16-17-6-4-3-5-7-17/h3-9H,10-16H2,1-2H3. The summed E-state index contributed by atoms with van der Waals surface area (Å²) in [6, 6.07) is 13.5. The molecule has 7 nitrogen and oxygen atoms in total. The first kappa shape index (κ1) is 21.5. The molecular weight excluding hydrogens is 414 g/mol. The van der Waals surface area contributed by atoms with E-state index in [0.29, 0.717) is 29.4 Å². The first-order chi connectivity index (χ1) is 15.2. The van der Waals surface area contributed by atoms with Crippen LogP contribution in [-0.2, 0) is 16.0 Å². The van der Waals surface area contributed by atoms with Gasteiger partial charge in [-0.15, -0.1) is 0 Å². The molecule has 0 atom stereocenters. The van der Waals surface area contributed by atoms with Gasteiger partial charge < -0.3 is 14.2 Å². The molecule has 1 aliphatic rings. The highest BCUT2D eigenvalue weighted by Gasteiger charge is 2.24. The number of hydrogen-bond donors (Lipinski definition) is 0. The van der Waals surface area contributed by atoms with Gasteiger partial charge >= 0.3 is 0 Å². The van der Waals surface area contributed by atoms with E-state index < -0.39 is 0 Å². The summed E-state index contributed by atoms with van der Waals surface area (Å²) in [4.78, 5) is 22.3. The third kappa shape index (κ3) is 4.98. The van der Waals surface area contributed by atoms with Crippen LogP contribution in [0, 0.1) is 0 Å². The fourth-order valence-electron chi connectivity index (χ4n) is 3.65. The van der Waals surface area contributed by atoms with Crippen LogP contribution in [0.4, 0.5) is 5.13 Å². The fraction of sp³-hybridized carbons (Fsp3) is 0.391. The molecule has 31 heavy (non-hydrogen) atoms. The monoisotopic (exact) mass is 441 g/mol. The molecule has 2 heterocycles. The summed E-state index contributed by atoms with van der Waals surface area (Å²) < 4.78 is 17.3. The molecule has 0 spiro atoms. The van der Waals surface area contributed by atoms with E-state index in [1.54, 1.807) is 19.1 Å². The third-order valence-electron chi connectivity index (χ3n) is 5.37. The van der Waals surface area contributed by atoms with Crippen molar-refractivity contribution in [1.29, 1.82) is 0 Å². The summed E-state index contributed by atoms with van der Waals surface area (Å²) in [5, 5.41) is 0.659. The maximum atomic E-state index is 13.4. The molecular formula is C23H27N3O4S. The van der Waals surface area contributed by atoms with E-state index in [2.05, 4.69) is 4.90 Å². The molecule has 0 saturated carbocycles. The van der Waals surface area contributed by atoms with Crippen LogP contribution < -0.4 is 14.4 Å². The van der Waals surface area contributed by atoms with Crippen molar-refractivity contribution in [1.82, 2.24) is 9.88 Å². The second-order valence-corrected chi connectivity index (χ2v) is 8.28. The van der Waals surface area contributed by atoms with Crippen LogP contribution in [0.1, 0.15) is 5.56 Å². The number of methoxy groups -OCH3 is 2. The number of rotatable bonds is 8. The molecule has 1 aliphatic heterocycles. The van der Waals surface area contributed by atoms with E-state index >= 15 is 0 Å². The molecule has 0 radical (unpaired) electrons. The Morgan fingerprint density at radius 3 is 2.52 bits per heavy atom. The number of amides is 1. The van der Waals surface area contributed by atoms with Crippen molar-refractivity contribution in [3.63, 3.8) is 0 Å². The normalized spacial score (nSPS) is 14.5. The minimum absolute atomic E-state index is 0.0245. The molecule has 8 heteroatoms. The highest BCUT2D eigenvalue weighted by atomic mass is 32.1. The maximum absolute atomic E-state index is 13.4. The molecule has 1 aromatic heterocycles. The van der Waals surface area contributed by atoms with Gasteiger partial charge in [-0.25, -0.2) is 4.98 Å². The molecule has 1 amide bonds. The molecule has 3 aromatic rings. The number of thiazole rings is 1. The zero-order chi connectivity index (χ0) is 21.6. The predicted molar refractivity (Wildman–Crippen MR) is 122 cm³/mol. The quantitative estimate of drug-likeness (QED) is 0.535. The van der Waals surface area contributed by atoms with Crippen LogP contribution in [0.25, 0.3) is 10.2 Å². The number of hydrogen-bond acceptors (Lipinski definition) is 7. The van der Waals surface area contributed by atoms with Gasteiger partial charge in [0.1, 0.15) is 21.7 Å². The van der Waals surface area contributed by atoms with Gasteiger partial charge in [-0.1, -0.05) is 41.7 Å². The maximum Gasteiger partial charge on any atom is 0.233 e. The van der Waals surface area contributed by atoms with E-state index in [1.165, 1.54) is 11.3 Å². The fourth-order valence-corrected chi connectivity index (χ4v) is 4.77. The van der Waals surface area contributed by atoms with Crippen LogP contribution >= 0.6 is 11.3 Å². The van der Waals surface area contributed by atoms with Crippen molar-refractivity contribution < 1.29 is 19.0 Å². The number of ether oxygens (including phenoxy) is 3. The Labute approximate surface area is 186 Å². The number of benzene rings is 2. The number of nitrogens with zero attached hydrogens (tertiary/aromatic N) is 3. The van der Waals surface area contributed by atoms with Crippen molar-refractivity contribution in [2.45, 2.75) is 6.42 Å². The summed E-state index contributed by atoms with van der Waals surface area (Å²) in [5.74, 6) is 1.42. The molecule has 0 aliphatic carbocycles. The smallest absolute Gasteiger partial charge is 0.233 e. The number of carbonyl (C=O) groups is 1. The highest BCUT2D eigenvalue weighted by molar-refractivity contribution is 7.22. The molecule has 1 saturated heterocycles. The summed E-state index contributed by atoms with van der Waals surface area (Å²) in [5.41, 5.74) is 1.70. The largest absolute Gasteiger partial charge is 0.495 e. The van der Waals surface area contributed by atoms with Crippen molar-refractivity contribution in [2.75, 3.05) is 58.5 Å². The van der Waals surface area contributed by atoms with Gasteiger partial charge in [-0.2, -0.15) is 0 Å². The van der Waals surface area contributed by atoms with E-state index in [-0.39, 0.29) is 5.91 Å². The first-order valence-corrected chi connectivity index (χ1v) is 11.2. The molecule has 0 bridgehead atoms. The van der Waals surface area contributed by atoms with Crippen molar-refractivity contribution in [3.05, 3.63) is 48.0 Å². The van der Waals surface area contributed by atoms with Crippen LogP contribution in [0.3, 0.4) is 0 Å². The van der Waals surface area contributed by atoms with Gasteiger partial charge in [-0.05, 0) is 17.7 Å².